The highest BCUT2D eigenvalue weighted by molar-refractivity contribution is 5.94. The molecule has 5 aromatic rings. The average molecular weight is 668 g/mol. The van der Waals surface area contributed by atoms with E-state index in [1.54, 1.807) is 26.8 Å². The van der Waals surface area contributed by atoms with Crippen LogP contribution in [-0.2, 0) is 17.8 Å². The number of halogens is 4. The molecule has 0 bridgehead atoms. The number of ether oxygens (including phenoxy) is 4. The van der Waals surface area contributed by atoms with E-state index in [0.717, 1.165) is 11.9 Å². The number of nitrogens with zero attached hydrogens (tertiary/aromatic N) is 4. The zero-order valence-corrected chi connectivity index (χ0v) is 26.8. The molecule has 0 spiro atoms. The van der Waals surface area contributed by atoms with Crippen LogP contribution in [0.15, 0.2) is 67.1 Å². The maximum Gasteiger partial charge on any atom is 0.422 e. The lowest BCUT2D eigenvalue weighted by atomic mass is 10.1. The Kier molecular flexibility index (Phi) is 9.73. The summed E-state index contributed by atoms with van der Waals surface area (Å²) in [4.78, 5) is 25.4. The zero-order valence-electron chi connectivity index (χ0n) is 26.8. The number of carbonyl (C=O) groups excluding carboxylic acids is 1. The van der Waals surface area contributed by atoms with E-state index in [1.807, 2.05) is 37.3 Å². The van der Waals surface area contributed by atoms with Crippen LogP contribution in [0, 0.1) is 5.82 Å². The molecule has 252 valence electrons. The molecular weight excluding hydrogens is 634 g/mol. The number of pyridine rings is 1. The van der Waals surface area contributed by atoms with Crippen molar-refractivity contribution in [2.24, 2.45) is 0 Å². The molecule has 0 atom stereocenters. The van der Waals surface area contributed by atoms with Gasteiger partial charge < -0.3 is 23.5 Å². The van der Waals surface area contributed by atoms with Gasteiger partial charge in [-0.2, -0.15) is 18.2 Å². The number of carbonyl (C=O) groups is 1. The number of nitrogens with one attached hydrogen (secondary N) is 1. The summed E-state index contributed by atoms with van der Waals surface area (Å²) in [6.07, 6.45) is -2.57. The van der Waals surface area contributed by atoms with E-state index in [9.17, 15) is 18.0 Å². The van der Waals surface area contributed by atoms with Gasteiger partial charge in [-0.25, -0.2) is 19.2 Å². The summed E-state index contributed by atoms with van der Waals surface area (Å²) < 4.78 is 78.9. The zero-order chi connectivity index (χ0) is 34.6. The molecule has 1 N–H and O–H groups in total. The number of anilines is 1. The van der Waals surface area contributed by atoms with Crippen LogP contribution in [0.4, 0.5) is 28.0 Å². The van der Waals surface area contributed by atoms with Gasteiger partial charge in [-0.1, -0.05) is 37.3 Å². The molecule has 2 aromatic carbocycles. The molecule has 14 heteroatoms. The standard InChI is InChI=1S/C34H33F4N5O5/c1-6-23-27-30(31(41-19-40-27)47-18-34(36,37)38)43(22-12-13-25(24(35)15-22)46-17-20-10-8-7-9-11-20)29(23)28-26(45-5)14-21(16-39-28)42-32(44)48-33(2,3)4/h7-16,19H,6,17-18H2,1-5H3,(H,42,44). The summed E-state index contributed by atoms with van der Waals surface area (Å²) >= 11 is 0. The number of alkyl halides is 3. The van der Waals surface area contributed by atoms with Crippen molar-refractivity contribution in [2.45, 2.75) is 52.5 Å². The maximum atomic E-state index is 15.7. The highest BCUT2D eigenvalue weighted by Gasteiger charge is 2.32. The van der Waals surface area contributed by atoms with E-state index in [1.165, 1.54) is 36.1 Å². The average Bonchev–Trinajstić information content (AvgIpc) is 3.37. The van der Waals surface area contributed by atoms with Gasteiger partial charge in [-0.05, 0) is 44.9 Å². The van der Waals surface area contributed by atoms with Gasteiger partial charge in [0.1, 0.15) is 35.5 Å². The summed E-state index contributed by atoms with van der Waals surface area (Å²) in [5.74, 6) is -0.934. The smallest absolute Gasteiger partial charge is 0.422 e. The van der Waals surface area contributed by atoms with E-state index >= 15 is 4.39 Å². The number of fused-ring (bicyclic) bond motifs is 1. The molecule has 1 amide bonds. The predicted molar refractivity (Wildman–Crippen MR) is 170 cm³/mol. The third-order valence-electron chi connectivity index (χ3n) is 6.89. The van der Waals surface area contributed by atoms with Crippen molar-refractivity contribution in [2.75, 3.05) is 19.0 Å². The number of hydrogen-bond acceptors (Lipinski definition) is 8. The molecule has 0 aliphatic carbocycles. The lowest BCUT2D eigenvalue weighted by Gasteiger charge is -2.20. The summed E-state index contributed by atoms with van der Waals surface area (Å²) in [6.45, 7) is 5.49. The summed E-state index contributed by atoms with van der Waals surface area (Å²) in [5.41, 5.74) is 1.98. The number of aromatic nitrogens is 4. The van der Waals surface area contributed by atoms with Crippen molar-refractivity contribution < 1.29 is 41.3 Å². The lowest BCUT2D eigenvalue weighted by Crippen LogP contribution is -2.27. The van der Waals surface area contributed by atoms with Crippen LogP contribution < -0.4 is 19.5 Å². The van der Waals surface area contributed by atoms with E-state index < -0.39 is 30.3 Å². The highest BCUT2D eigenvalue weighted by atomic mass is 19.4. The van der Waals surface area contributed by atoms with E-state index in [0.29, 0.717) is 17.7 Å². The van der Waals surface area contributed by atoms with Crippen molar-refractivity contribution in [1.29, 1.82) is 0 Å². The first-order valence-electron chi connectivity index (χ1n) is 14.9. The van der Waals surface area contributed by atoms with Crippen molar-refractivity contribution in [3.05, 3.63) is 84.1 Å². The van der Waals surface area contributed by atoms with Crippen LogP contribution in [0.2, 0.25) is 0 Å². The van der Waals surface area contributed by atoms with Gasteiger partial charge in [0.05, 0.1) is 30.2 Å². The lowest BCUT2D eigenvalue weighted by molar-refractivity contribution is -0.153. The van der Waals surface area contributed by atoms with Crippen molar-refractivity contribution in [3.8, 4) is 34.5 Å². The molecular formula is C34H33F4N5O5. The normalized spacial score (nSPS) is 11.8. The second-order valence-corrected chi connectivity index (χ2v) is 11.6. The third-order valence-corrected chi connectivity index (χ3v) is 6.89. The van der Waals surface area contributed by atoms with E-state index in [-0.39, 0.29) is 52.1 Å². The first-order chi connectivity index (χ1) is 22.8. The van der Waals surface area contributed by atoms with Gasteiger partial charge in [0.25, 0.3) is 0 Å². The number of aryl methyl sites for hydroxylation is 1. The van der Waals surface area contributed by atoms with Crippen molar-refractivity contribution in [3.63, 3.8) is 0 Å². The minimum atomic E-state index is -4.66. The van der Waals surface area contributed by atoms with Gasteiger partial charge in [0.15, 0.2) is 18.2 Å². The fraction of sp³-hybridized carbons (Fsp3) is 0.294. The molecule has 0 saturated carbocycles. The van der Waals surface area contributed by atoms with E-state index in [4.69, 9.17) is 18.9 Å². The number of rotatable bonds is 10. The van der Waals surface area contributed by atoms with Crippen LogP contribution in [0.3, 0.4) is 0 Å². The fourth-order valence-electron chi connectivity index (χ4n) is 4.99. The molecule has 0 unspecified atom stereocenters. The summed E-state index contributed by atoms with van der Waals surface area (Å²) in [7, 11) is 1.40. The molecule has 3 aromatic heterocycles. The summed E-state index contributed by atoms with van der Waals surface area (Å²) in [6, 6.07) is 14.9. The Morgan fingerprint density at radius 3 is 2.35 bits per heavy atom. The molecule has 0 aliphatic rings. The number of hydrogen-bond donors (Lipinski definition) is 1. The number of benzene rings is 2. The molecule has 10 nitrogen and oxygen atoms in total. The predicted octanol–water partition coefficient (Wildman–Crippen LogP) is 8.06. The molecule has 0 radical (unpaired) electrons. The molecule has 0 saturated heterocycles. The van der Waals surface area contributed by atoms with Crippen LogP contribution >= 0.6 is 0 Å². The molecule has 5 rings (SSSR count). The third kappa shape index (κ3) is 7.76. The van der Waals surface area contributed by atoms with Crippen LogP contribution in [0.1, 0.15) is 38.8 Å². The Morgan fingerprint density at radius 1 is 0.958 bits per heavy atom. The van der Waals surface area contributed by atoms with Gasteiger partial charge in [0, 0.05) is 23.4 Å². The molecule has 0 fully saturated rings. The second kappa shape index (κ2) is 13.8. The van der Waals surface area contributed by atoms with Crippen LogP contribution in [-0.4, -0.2) is 51.1 Å². The molecule has 48 heavy (non-hydrogen) atoms. The Balaban J connectivity index is 1.67. The quantitative estimate of drug-likeness (QED) is 0.149. The van der Waals surface area contributed by atoms with Gasteiger partial charge >= 0.3 is 12.3 Å². The Hall–Kier alpha value is -5.40. The Morgan fingerprint density at radius 2 is 1.71 bits per heavy atom. The second-order valence-electron chi connectivity index (χ2n) is 11.6. The van der Waals surface area contributed by atoms with Crippen LogP contribution in [0.25, 0.3) is 28.1 Å². The van der Waals surface area contributed by atoms with Crippen molar-refractivity contribution in [1.82, 2.24) is 19.5 Å². The highest BCUT2D eigenvalue weighted by Crippen LogP contribution is 2.42. The molecule has 0 aliphatic heterocycles. The van der Waals surface area contributed by atoms with Gasteiger partial charge in [0.2, 0.25) is 5.88 Å². The van der Waals surface area contributed by atoms with Crippen molar-refractivity contribution >= 4 is 22.8 Å². The van der Waals surface area contributed by atoms with Crippen LogP contribution in [0.5, 0.6) is 17.4 Å². The van der Waals surface area contributed by atoms with Gasteiger partial charge in [-0.15, -0.1) is 0 Å². The summed E-state index contributed by atoms with van der Waals surface area (Å²) in [5, 5.41) is 2.61. The minimum absolute atomic E-state index is 0.0330. The number of amides is 1. The number of methoxy groups -OCH3 is 1. The fourth-order valence-corrected chi connectivity index (χ4v) is 4.99. The van der Waals surface area contributed by atoms with E-state index in [2.05, 4.69) is 20.3 Å². The molecule has 3 heterocycles. The van der Waals surface area contributed by atoms with Gasteiger partial charge in [-0.3, -0.25) is 5.32 Å². The Bertz CT molecular complexity index is 1920. The monoisotopic (exact) mass is 667 g/mol. The first-order valence-corrected chi connectivity index (χ1v) is 14.9. The topological polar surface area (TPSA) is 110 Å². The largest absolute Gasteiger partial charge is 0.494 e. The SMILES string of the molecule is CCc1c(-c2ncc(NC(=O)OC(C)(C)C)cc2OC)n(-c2ccc(OCc3ccccc3)c(F)c2)c2c(OCC(F)(F)F)ncnc12. The Labute approximate surface area is 273 Å². The minimum Gasteiger partial charge on any atom is -0.494 e. The first kappa shape index (κ1) is 33.9. The maximum absolute atomic E-state index is 15.7.